The van der Waals surface area contributed by atoms with Crippen molar-refractivity contribution in [1.29, 1.82) is 0 Å². The summed E-state index contributed by atoms with van der Waals surface area (Å²) in [6.45, 7) is 3.04. The van der Waals surface area contributed by atoms with Gasteiger partial charge in [-0.15, -0.1) is 0 Å². The van der Waals surface area contributed by atoms with Crippen molar-refractivity contribution >= 4 is 27.7 Å². The Balaban J connectivity index is 1.57. The maximum Gasteiger partial charge on any atom is 0.255 e. The van der Waals surface area contributed by atoms with Crippen LogP contribution in [0.1, 0.15) is 36.0 Å². The number of pyridine rings is 1. The molecule has 0 radical (unpaired) electrons. The van der Waals surface area contributed by atoms with E-state index >= 15 is 0 Å². The molecule has 2 aliphatic heterocycles. The topological polar surface area (TPSA) is 74.3 Å². The first-order chi connectivity index (χ1) is 11.6. The van der Waals surface area contributed by atoms with Crippen molar-refractivity contribution in [3.63, 3.8) is 0 Å². The second-order valence-corrected chi connectivity index (χ2v) is 7.45. The van der Waals surface area contributed by atoms with E-state index in [0.29, 0.717) is 12.1 Å². The van der Waals surface area contributed by atoms with Gasteiger partial charge in [0.25, 0.3) is 5.91 Å². The molecule has 130 valence electrons. The number of nitrogens with one attached hydrogen (secondary N) is 2. The van der Waals surface area contributed by atoms with Crippen molar-refractivity contribution in [3.05, 3.63) is 28.5 Å². The monoisotopic (exact) mass is 394 g/mol. The number of hydrogen-bond acceptors (Lipinski definition) is 4. The third-order valence-electron chi connectivity index (χ3n) is 4.67. The summed E-state index contributed by atoms with van der Waals surface area (Å²) >= 11 is 3.35. The number of piperidine rings is 2. The highest BCUT2D eigenvalue weighted by molar-refractivity contribution is 9.10. The van der Waals surface area contributed by atoms with Crippen LogP contribution in [0.5, 0.6) is 0 Å². The first kappa shape index (κ1) is 17.4. The maximum absolute atomic E-state index is 12.6. The summed E-state index contributed by atoms with van der Waals surface area (Å²) in [5, 5.41) is 6.41. The molecule has 0 bridgehead atoms. The van der Waals surface area contributed by atoms with Crippen LogP contribution in [-0.2, 0) is 4.79 Å². The fraction of sp³-hybridized carbons (Fsp3) is 0.588. The summed E-state index contributed by atoms with van der Waals surface area (Å²) in [5.41, 5.74) is 0.577. The molecule has 2 amide bonds. The van der Waals surface area contributed by atoms with Gasteiger partial charge in [0.05, 0.1) is 11.5 Å². The van der Waals surface area contributed by atoms with E-state index in [1.165, 1.54) is 0 Å². The Labute approximate surface area is 150 Å². The second kappa shape index (κ2) is 8.07. The van der Waals surface area contributed by atoms with Crippen LogP contribution in [0.2, 0.25) is 0 Å². The summed E-state index contributed by atoms with van der Waals surface area (Å²) in [4.78, 5) is 30.9. The Morgan fingerprint density at radius 3 is 2.92 bits per heavy atom. The van der Waals surface area contributed by atoms with Gasteiger partial charge in [-0.25, -0.2) is 0 Å². The Bertz CT molecular complexity index is 604. The minimum Gasteiger partial charge on any atom is -0.351 e. The zero-order valence-corrected chi connectivity index (χ0v) is 15.2. The van der Waals surface area contributed by atoms with Gasteiger partial charge in [-0.1, -0.05) is 0 Å². The Morgan fingerprint density at radius 2 is 2.17 bits per heavy atom. The zero-order chi connectivity index (χ0) is 16.9. The third-order valence-corrected chi connectivity index (χ3v) is 5.11. The van der Waals surface area contributed by atoms with Crippen LogP contribution in [0.25, 0.3) is 0 Å². The number of likely N-dealkylation sites (tertiary alicyclic amines) is 1. The van der Waals surface area contributed by atoms with E-state index in [-0.39, 0.29) is 23.8 Å². The first-order valence-corrected chi connectivity index (χ1v) is 9.33. The van der Waals surface area contributed by atoms with Gasteiger partial charge in [-0.2, -0.15) is 0 Å². The fourth-order valence-electron chi connectivity index (χ4n) is 3.39. The van der Waals surface area contributed by atoms with Crippen LogP contribution in [0.3, 0.4) is 0 Å². The Kier molecular flexibility index (Phi) is 5.84. The summed E-state index contributed by atoms with van der Waals surface area (Å²) in [6.07, 6.45) is 7.06. The SMILES string of the molecule is O=C(N[C@@H]1CCCN(C(=O)c2cncc(Br)c2)C1)[C@@H]1CCCNC1. The molecule has 0 aromatic carbocycles. The highest BCUT2D eigenvalue weighted by Crippen LogP contribution is 2.17. The van der Waals surface area contributed by atoms with Crippen LogP contribution in [-0.4, -0.2) is 53.9 Å². The van der Waals surface area contributed by atoms with Crippen LogP contribution in [0.15, 0.2) is 22.9 Å². The van der Waals surface area contributed by atoms with Crippen molar-refractivity contribution in [2.75, 3.05) is 26.2 Å². The minimum atomic E-state index is -0.0258. The predicted octanol–water partition coefficient (Wildman–Crippen LogP) is 1.56. The molecule has 0 unspecified atom stereocenters. The normalized spacial score (nSPS) is 24.5. The minimum absolute atomic E-state index is 0.0258. The molecule has 3 rings (SSSR count). The number of carbonyl (C=O) groups excluding carboxylic acids is 2. The lowest BCUT2D eigenvalue weighted by atomic mass is 9.97. The molecule has 0 saturated carbocycles. The van der Waals surface area contributed by atoms with Gasteiger partial charge in [-0.3, -0.25) is 14.6 Å². The molecule has 7 heteroatoms. The molecular weight excluding hydrogens is 372 g/mol. The third kappa shape index (κ3) is 4.33. The molecule has 2 atom stereocenters. The van der Waals surface area contributed by atoms with Crippen LogP contribution >= 0.6 is 15.9 Å². The largest absolute Gasteiger partial charge is 0.351 e. The van der Waals surface area contributed by atoms with Crippen LogP contribution in [0, 0.1) is 5.92 Å². The number of carbonyl (C=O) groups is 2. The van der Waals surface area contributed by atoms with E-state index in [1.54, 1.807) is 18.5 Å². The molecular formula is C17H23BrN4O2. The number of halogens is 1. The van der Waals surface area contributed by atoms with E-state index in [2.05, 4.69) is 31.5 Å². The molecule has 2 saturated heterocycles. The van der Waals surface area contributed by atoms with Gasteiger partial charge in [-0.05, 0) is 54.2 Å². The maximum atomic E-state index is 12.6. The van der Waals surface area contributed by atoms with E-state index in [1.807, 2.05) is 4.90 Å². The molecule has 1 aromatic rings. The van der Waals surface area contributed by atoms with Crippen molar-refractivity contribution in [3.8, 4) is 0 Å². The number of hydrogen-bond donors (Lipinski definition) is 2. The Morgan fingerprint density at radius 1 is 1.29 bits per heavy atom. The molecule has 1 aromatic heterocycles. The number of aromatic nitrogens is 1. The second-order valence-electron chi connectivity index (χ2n) is 6.53. The van der Waals surface area contributed by atoms with E-state index < -0.39 is 0 Å². The summed E-state index contributed by atoms with van der Waals surface area (Å²) in [5.74, 6) is 0.145. The van der Waals surface area contributed by atoms with E-state index in [9.17, 15) is 9.59 Å². The summed E-state index contributed by atoms with van der Waals surface area (Å²) in [7, 11) is 0. The standard InChI is InChI=1S/C17H23BrN4O2/c18-14-7-13(9-20-10-14)17(24)22-6-2-4-15(11-22)21-16(23)12-3-1-5-19-8-12/h7,9-10,12,15,19H,1-6,8,11H2,(H,21,23)/t12-,15-/m1/s1. The molecule has 0 spiro atoms. The van der Waals surface area contributed by atoms with Crippen molar-refractivity contribution in [2.45, 2.75) is 31.7 Å². The molecule has 24 heavy (non-hydrogen) atoms. The van der Waals surface area contributed by atoms with E-state index in [4.69, 9.17) is 0 Å². The van der Waals surface area contributed by atoms with Gasteiger partial charge < -0.3 is 15.5 Å². The highest BCUT2D eigenvalue weighted by atomic mass is 79.9. The van der Waals surface area contributed by atoms with E-state index in [0.717, 1.165) is 49.8 Å². The number of amides is 2. The predicted molar refractivity (Wildman–Crippen MR) is 94.6 cm³/mol. The average Bonchev–Trinajstić information content (AvgIpc) is 2.62. The smallest absolute Gasteiger partial charge is 0.255 e. The van der Waals surface area contributed by atoms with Crippen LogP contribution in [0.4, 0.5) is 0 Å². The highest BCUT2D eigenvalue weighted by Gasteiger charge is 2.28. The lowest BCUT2D eigenvalue weighted by Gasteiger charge is -2.34. The van der Waals surface area contributed by atoms with Crippen molar-refractivity contribution in [2.24, 2.45) is 5.92 Å². The molecule has 0 aliphatic carbocycles. The summed E-state index contributed by atoms with van der Waals surface area (Å²) in [6, 6.07) is 1.82. The molecule has 2 N–H and O–H groups in total. The molecule has 2 fully saturated rings. The van der Waals surface area contributed by atoms with Crippen molar-refractivity contribution in [1.82, 2.24) is 20.5 Å². The molecule has 2 aliphatic rings. The average molecular weight is 395 g/mol. The lowest BCUT2D eigenvalue weighted by Crippen LogP contribution is -2.52. The molecule has 6 nitrogen and oxygen atoms in total. The van der Waals surface area contributed by atoms with Gasteiger partial charge in [0.1, 0.15) is 0 Å². The lowest BCUT2D eigenvalue weighted by molar-refractivity contribution is -0.126. The van der Waals surface area contributed by atoms with Crippen LogP contribution < -0.4 is 10.6 Å². The van der Waals surface area contributed by atoms with Gasteiger partial charge >= 0.3 is 0 Å². The molecule has 3 heterocycles. The van der Waals surface area contributed by atoms with Gasteiger partial charge in [0.2, 0.25) is 5.91 Å². The zero-order valence-electron chi connectivity index (χ0n) is 13.6. The van der Waals surface area contributed by atoms with Crippen molar-refractivity contribution < 1.29 is 9.59 Å². The first-order valence-electron chi connectivity index (χ1n) is 8.54. The van der Waals surface area contributed by atoms with Gasteiger partial charge in [0.15, 0.2) is 0 Å². The quantitative estimate of drug-likeness (QED) is 0.815. The van der Waals surface area contributed by atoms with Gasteiger partial charge in [0, 0.05) is 42.5 Å². The Hall–Kier alpha value is -1.47. The number of nitrogens with zero attached hydrogens (tertiary/aromatic N) is 2. The fourth-order valence-corrected chi connectivity index (χ4v) is 3.75. The number of rotatable bonds is 3. The summed E-state index contributed by atoms with van der Waals surface area (Å²) < 4.78 is 0.792.